The summed E-state index contributed by atoms with van der Waals surface area (Å²) in [5.41, 5.74) is 1.22. The third-order valence-corrected chi connectivity index (χ3v) is 2.65. The molecule has 1 aliphatic rings. The van der Waals surface area contributed by atoms with Crippen LogP contribution in [0.5, 0.6) is 0 Å². The molecule has 0 spiro atoms. The molecule has 0 bridgehead atoms. The summed E-state index contributed by atoms with van der Waals surface area (Å²) >= 11 is 0. The zero-order chi connectivity index (χ0) is 9.10. The van der Waals surface area contributed by atoms with Crippen molar-refractivity contribution in [3.8, 4) is 0 Å². The minimum atomic E-state index is 0.606. The maximum atomic E-state index is 4.02. The summed E-state index contributed by atoms with van der Waals surface area (Å²) in [6.45, 7) is 3.32. The quantitative estimate of drug-likeness (QED) is 0.665. The van der Waals surface area contributed by atoms with E-state index in [1.807, 2.05) is 6.20 Å². The molecule has 4 heteroatoms. The van der Waals surface area contributed by atoms with E-state index in [1.165, 1.54) is 5.69 Å². The van der Waals surface area contributed by atoms with Gasteiger partial charge in [0.05, 0.1) is 6.33 Å². The van der Waals surface area contributed by atoms with E-state index in [2.05, 4.69) is 27.2 Å². The van der Waals surface area contributed by atoms with E-state index in [-0.39, 0.29) is 0 Å². The van der Waals surface area contributed by atoms with Gasteiger partial charge in [0.15, 0.2) is 0 Å². The average Bonchev–Trinajstić information content (AvgIpc) is 2.61. The van der Waals surface area contributed by atoms with Crippen molar-refractivity contribution in [2.24, 2.45) is 0 Å². The molecule has 13 heavy (non-hydrogen) atoms. The molecular formula is C9H16N4. The molecule has 1 unspecified atom stereocenters. The Hall–Kier alpha value is -0.870. The highest BCUT2D eigenvalue weighted by molar-refractivity contribution is 4.99. The third kappa shape index (κ3) is 2.08. The van der Waals surface area contributed by atoms with Crippen molar-refractivity contribution >= 4 is 0 Å². The van der Waals surface area contributed by atoms with Crippen LogP contribution in [-0.2, 0) is 6.42 Å². The summed E-state index contributed by atoms with van der Waals surface area (Å²) in [6.07, 6.45) is 4.71. The lowest BCUT2D eigenvalue weighted by Crippen LogP contribution is -2.50. The predicted molar refractivity (Wildman–Crippen MR) is 51.6 cm³/mol. The number of H-pyrrole nitrogens is 1. The van der Waals surface area contributed by atoms with Crippen molar-refractivity contribution in [1.29, 1.82) is 0 Å². The average molecular weight is 180 g/mol. The van der Waals surface area contributed by atoms with Crippen LogP contribution in [0.1, 0.15) is 5.69 Å². The van der Waals surface area contributed by atoms with E-state index in [1.54, 1.807) is 6.33 Å². The number of nitrogens with one attached hydrogen (secondary N) is 2. The van der Waals surface area contributed by atoms with Crippen LogP contribution >= 0.6 is 0 Å². The number of piperazine rings is 1. The smallest absolute Gasteiger partial charge is 0.0921 e. The minimum Gasteiger partial charge on any atom is -0.348 e. The molecule has 72 valence electrons. The zero-order valence-corrected chi connectivity index (χ0v) is 7.95. The van der Waals surface area contributed by atoms with Gasteiger partial charge in [-0.05, 0) is 7.05 Å². The van der Waals surface area contributed by atoms with Gasteiger partial charge in [0.25, 0.3) is 0 Å². The van der Waals surface area contributed by atoms with Crippen molar-refractivity contribution in [2.45, 2.75) is 12.5 Å². The van der Waals surface area contributed by atoms with Crippen LogP contribution in [0.15, 0.2) is 12.5 Å². The van der Waals surface area contributed by atoms with Gasteiger partial charge in [0.2, 0.25) is 0 Å². The fourth-order valence-electron chi connectivity index (χ4n) is 1.74. The summed E-state index contributed by atoms with van der Waals surface area (Å²) in [7, 11) is 2.18. The van der Waals surface area contributed by atoms with Gasteiger partial charge in [0.1, 0.15) is 0 Å². The Balaban J connectivity index is 1.93. The van der Waals surface area contributed by atoms with Gasteiger partial charge < -0.3 is 15.2 Å². The molecule has 0 saturated carbocycles. The SMILES string of the molecule is CN1CCNCC1Cc1cnc[nH]1. The Bertz CT molecular complexity index is 244. The normalized spacial score (nSPS) is 24.8. The number of hydrogen-bond donors (Lipinski definition) is 2. The number of aromatic nitrogens is 2. The largest absolute Gasteiger partial charge is 0.348 e. The highest BCUT2D eigenvalue weighted by atomic mass is 15.2. The van der Waals surface area contributed by atoms with Crippen LogP contribution in [0.3, 0.4) is 0 Å². The molecule has 1 aromatic rings. The molecule has 0 aliphatic carbocycles. The molecule has 4 nitrogen and oxygen atoms in total. The van der Waals surface area contributed by atoms with Crippen molar-refractivity contribution in [2.75, 3.05) is 26.7 Å². The molecule has 1 aliphatic heterocycles. The van der Waals surface area contributed by atoms with Gasteiger partial charge in [-0.15, -0.1) is 0 Å². The highest BCUT2D eigenvalue weighted by Crippen LogP contribution is 2.06. The van der Waals surface area contributed by atoms with Crippen LogP contribution in [0, 0.1) is 0 Å². The van der Waals surface area contributed by atoms with Crippen molar-refractivity contribution in [1.82, 2.24) is 20.2 Å². The molecule has 0 amide bonds. The Morgan fingerprint density at radius 2 is 2.62 bits per heavy atom. The Labute approximate surface area is 78.4 Å². The molecule has 1 fully saturated rings. The first-order valence-corrected chi connectivity index (χ1v) is 4.74. The molecule has 2 heterocycles. The summed E-state index contributed by atoms with van der Waals surface area (Å²) in [6, 6.07) is 0.606. The van der Waals surface area contributed by atoms with Gasteiger partial charge >= 0.3 is 0 Å². The van der Waals surface area contributed by atoms with Crippen molar-refractivity contribution < 1.29 is 0 Å². The van der Waals surface area contributed by atoms with E-state index in [9.17, 15) is 0 Å². The molecular weight excluding hydrogens is 164 g/mol. The van der Waals surface area contributed by atoms with E-state index in [0.717, 1.165) is 26.1 Å². The third-order valence-electron chi connectivity index (χ3n) is 2.65. The Morgan fingerprint density at radius 3 is 3.31 bits per heavy atom. The second kappa shape index (κ2) is 3.89. The van der Waals surface area contributed by atoms with Crippen LogP contribution < -0.4 is 5.32 Å². The highest BCUT2D eigenvalue weighted by Gasteiger charge is 2.18. The molecule has 0 radical (unpaired) electrons. The van der Waals surface area contributed by atoms with E-state index >= 15 is 0 Å². The molecule has 1 saturated heterocycles. The number of aromatic amines is 1. The van der Waals surface area contributed by atoms with Gasteiger partial charge in [0, 0.05) is 44.0 Å². The summed E-state index contributed by atoms with van der Waals surface area (Å²) < 4.78 is 0. The first kappa shape index (κ1) is 8.72. The maximum Gasteiger partial charge on any atom is 0.0921 e. The lowest BCUT2D eigenvalue weighted by molar-refractivity contribution is 0.198. The van der Waals surface area contributed by atoms with Gasteiger partial charge in [-0.1, -0.05) is 0 Å². The van der Waals surface area contributed by atoms with E-state index in [4.69, 9.17) is 0 Å². The summed E-state index contributed by atoms with van der Waals surface area (Å²) in [5.74, 6) is 0. The molecule has 2 N–H and O–H groups in total. The van der Waals surface area contributed by atoms with Crippen molar-refractivity contribution in [3.05, 3.63) is 18.2 Å². The summed E-state index contributed by atoms with van der Waals surface area (Å²) in [4.78, 5) is 9.56. The van der Waals surface area contributed by atoms with Gasteiger partial charge in [-0.25, -0.2) is 4.98 Å². The minimum absolute atomic E-state index is 0.606. The van der Waals surface area contributed by atoms with E-state index < -0.39 is 0 Å². The monoisotopic (exact) mass is 180 g/mol. The lowest BCUT2D eigenvalue weighted by Gasteiger charge is -2.32. The second-order valence-corrected chi connectivity index (χ2v) is 3.62. The van der Waals surface area contributed by atoms with Crippen molar-refractivity contribution in [3.63, 3.8) is 0 Å². The van der Waals surface area contributed by atoms with E-state index in [0.29, 0.717) is 6.04 Å². The van der Waals surface area contributed by atoms with Gasteiger partial charge in [-0.3, -0.25) is 0 Å². The Kier molecular flexibility index (Phi) is 2.61. The number of rotatable bonds is 2. The first-order chi connectivity index (χ1) is 6.36. The van der Waals surface area contributed by atoms with Gasteiger partial charge in [-0.2, -0.15) is 0 Å². The standard InChI is InChI=1S/C9H16N4/c1-13-3-2-10-6-9(13)4-8-5-11-7-12-8/h5,7,9-10H,2-4,6H2,1H3,(H,11,12). The lowest BCUT2D eigenvalue weighted by atomic mass is 10.1. The number of hydrogen-bond acceptors (Lipinski definition) is 3. The van der Waals surface area contributed by atoms with Crippen LogP contribution in [0.25, 0.3) is 0 Å². The fraction of sp³-hybridized carbons (Fsp3) is 0.667. The molecule has 2 rings (SSSR count). The molecule has 1 aromatic heterocycles. The van der Waals surface area contributed by atoms with Crippen LogP contribution in [0.2, 0.25) is 0 Å². The maximum absolute atomic E-state index is 4.02. The molecule has 0 aromatic carbocycles. The zero-order valence-electron chi connectivity index (χ0n) is 7.95. The molecule has 1 atom stereocenters. The van der Waals surface area contributed by atoms with Crippen LogP contribution in [0.4, 0.5) is 0 Å². The topological polar surface area (TPSA) is 44.0 Å². The fourth-order valence-corrected chi connectivity index (χ4v) is 1.74. The number of likely N-dealkylation sites (N-methyl/N-ethyl adjacent to an activating group) is 1. The number of imidazole rings is 1. The Morgan fingerprint density at radius 1 is 1.69 bits per heavy atom. The number of nitrogens with zero attached hydrogens (tertiary/aromatic N) is 2. The predicted octanol–water partition coefficient (Wildman–Crippen LogP) is -0.144. The summed E-state index contributed by atoms with van der Waals surface area (Å²) in [5, 5.41) is 3.40. The first-order valence-electron chi connectivity index (χ1n) is 4.74. The van der Waals surface area contributed by atoms with Crippen LogP contribution in [-0.4, -0.2) is 47.6 Å². The second-order valence-electron chi connectivity index (χ2n) is 3.62.